The average Bonchev–Trinajstić information content (AvgIpc) is 2.62. The zero-order chi connectivity index (χ0) is 16.2. The van der Waals surface area contributed by atoms with Gasteiger partial charge in [-0.05, 0) is 42.5 Å². The van der Waals surface area contributed by atoms with Crippen molar-refractivity contribution < 1.29 is 14.3 Å². The van der Waals surface area contributed by atoms with Crippen molar-refractivity contribution in [3.05, 3.63) is 53.6 Å². The van der Waals surface area contributed by atoms with Crippen LogP contribution in [0.15, 0.2) is 42.5 Å². The Bertz CT molecular complexity index is 692. The molecule has 0 unspecified atom stereocenters. The summed E-state index contributed by atoms with van der Waals surface area (Å²) in [5.74, 6) is 0.677. The van der Waals surface area contributed by atoms with Gasteiger partial charge < -0.3 is 20.1 Å². The largest absolute Gasteiger partial charge is 0.497 e. The van der Waals surface area contributed by atoms with E-state index in [9.17, 15) is 4.79 Å². The third-order valence-electron chi connectivity index (χ3n) is 3.99. The molecule has 0 amide bonds. The zero-order valence-electron chi connectivity index (χ0n) is 13.1. The van der Waals surface area contributed by atoms with Crippen molar-refractivity contribution in [2.24, 2.45) is 0 Å². The molecule has 0 spiro atoms. The molecule has 120 valence electrons. The summed E-state index contributed by atoms with van der Waals surface area (Å²) in [6.45, 7) is 3.03. The fourth-order valence-electron chi connectivity index (χ4n) is 2.70. The molecule has 1 heterocycles. The van der Waals surface area contributed by atoms with Crippen molar-refractivity contribution >= 4 is 17.2 Å². The fraction of sp³-hybridized carbons (Fsp3) is 0.278. The van der Waals surface area contributed by atoms with E-state index in [0.717, 1.165) is 24.5 Å². The molecule has 3 rings (SSSR count). The normalized spacial score (nSPS) is 14.6. The Morgan fingerprint density at radius 1 is 1.09 bits per heavy atom. The van der Waals surface area contributed by atoms with E-state index in [1.807, 2.05) is 12.1 Å². The van der Waals surface area contributed by atoms with Gasteiger partial charge in [-0.2, -0.15) is 0 Å². The Labute approximate surface area is 135 Å². The van der Waals surface area contributed by atoms with E-state index < -0.39 is 0 Å². The maximum Gasteiger partial charge on any atom is 0.193 e. The topological polar surface area (TPSA) is 64.8 Å². The first-order chi connectivity index (χ1) is 11.2. The molecule has 1 fully saturated rings. The molecule has 0 aromatic heterocycles. The van der Waals surface area contributed by atoms with Crippen LogP contribution >= 0.6 is 0 Å². The number of hydrogen-bond acceptors (Lipinski definition) is 5. The maximum absolute atomic E-state index is 12.6. The molecule has 2 N–H and O–H groups in total. The number of anilines is 2. The number of benzene rings is 2. The number of rotatable bonds is 4. The van der Waals surface area contributed by atoms with E-state index in [2.05, 4.69) is 4.90 Å². The number of carbonyl (C=O) groups excluding carboxylic acids is 1. The molecule has 5 nitrogen and oxygen atoms in total. The highest BCUT2D eigenvalue weighted by atomic mass is 16.5. The SMILES string of the molecule is COc1ccc(C(=O)c2ccc(N3CCOCC3)c(N)c2)cc1. The van der Waals surface area contributed by atoms with Gasteiger partial charge in [0.15, 0.2) is 5.78 Å². The lowest BCUT2D eigenvalue weighted by Gasteiger charge is -2.30. The highest BCUT2D eigenvalue weighted by Gasteiger charge is 2.16. The number of carbonyl (C=O) groups is 1. The maximum atomic E-state index is 12.6. The summed E-state index contributed by atoms with van der Waals surface area (Å²) in [5, 5.41) is 0. The van der Waals surface area contributed by atoms with Crippen LogP contribution in [0.4, 0.5) is 11.4 Å². The van der Waals surface area contributed by atoms with E-state index in [1.165, 1.54) is 0 Å². The van der Waals surface area contributed by atoms with Gasteiger partial charge in [-0.15, -0.1) is 0 Å². The second kappa shape index (κ2) is 6.71. The highest BCUT2D eigenvalue weighted by molar-refractivity contribution is 6.09. The first kappa shape index (κ1) is 15.4. The van der Waals surface area contributed by atoms with E-state index in [1.54, 1.807) is 37.4 Å². The lowest BCUT2D eigenvalue weighted by atomic mass is 10.0. The number of nitrogen functional groups attached to an aromatic ring is 1. The van der Waals surface area contributed by atoms with Gasteiger partial charge in [-0.3, -0.25) is 4.79 Å². The van der Waals surface area contributed by atoms with Gasteiger partial charge in [-0.1, -0.05) is 0 Å². The number of ketones is 1. The Morgan fingerprint density at radius 2 is 1.74 bits per heavy atom. The van der Waals surface area contributed by atoms with E-state index in [4.69, 9.17) is 15.2 Å². The van der Waals surface area contributed by atoms with Crippen LogP contribution in [0.25, 0.3) is 0 Å². The van der Waals surface area contributed by atoms with Crippen molar-refractivity contribution in [1.29, 1.82) is 0 Å². The molecular formula is C18H20N2O3. The molecular weight excluding hydrogens is 292 g/mol. The zero-order valence-corrected chi connectivity index (χ0v) is 13.1. The lowest BCUT2D eigenvalue weighted by molar-refractivity contribution is 0.103. The summed E-state index contributed by atoms with van der Waals surface area (Å²) in [6, 6.07) is 12.6. The summed E-state index contributed by atoms with van der Waals surface area (Å²) in [5.41, 5.74) is 8.94. The Balaban J connectivity index is 1.82. The molecule has 0 bridgehead atoms. The first-order valence-electron chi connectivity index (χ1n) is 7.60. The minimum Gasteiger partial charge on any atom is -0.497 e. The van der Waals surface area contributed by atoms with Crippen molar-refractivity contribution in [1.82, 2.24) is 0 Å². The second-order valence-corrected chi connectivity index (χ2v) is 5.43. The predicted molar refractivity (Wildman–Crippen MR) is 90.3 cm³/mol. The van der Waals surface area contributed by atoms with Crippen LogP contribution in [0, 0.1) is 0 Å². The third kappa shape index (κ3) is 3.29. The molecule has 2 aromatic carbocycles. The van der Waals surface area contributed by atoms with Gasteiger partial charge in [0.1, 0.15) is 5.75 Å². The average molecular weight is 312 g/mol. The molecule has 1 saturated heterocycles. The Kier molecular flexibility index (Phi) is 4.48. The quantitative estimate of drug-likeness (QED) is 0.693. The van der Waals surface area contributed by atoms with Crippen LogP contribution in [-0.4, -0.2) is 39.2 Å². The molecule has 0 saturated carbocycles. The molecule has 23 heavy (non-hydrogen) atoms. The fourth-order valence-corrected chi connectivity index (χ4v) is 2.70. The summed E-state index contributed by atoms with van der Waals surface area (Å²) >= 11 is 0. The molecule has 1 aliphatic heterocycles. The number of ether oxygens (including phenoxy) is 2. The summed E-state index contributed by atoms with van der Waals surface area (Å²) in [4.78, 5) is 14.7. The van der Waals surface area contributed by atoms with Gasteiger partial charge in [0.05, 0.1) is 31.7 Å². The number of hydrogen-bond donors (Lipinski definition) is 1. The van der Waals surface area contributed by atoms with Crippen molar-refractivity contribution in [3.8, 4) is 5.75 Å². The van der Waals surface area contributed by atoms with E-state index >= 15 is 0 Å². The third-order valence-corrected chi connectivity index (χ3v) is 3.99. The lowest BCUT2D eigenvalue weighted by Crippen LogP contribution is -2.36. The van der Waals surface area contributed by atoms with Crippen molar-refractivity contribution in [2.75, 3.05) is 44.0 Å². The predicted octanol–water partition coefficient (Wildman–Crippen LogP) is 2.35. The second-order valence-electron chi connectivity index (χ2n) is 5.43. The van der Waals surface area contributed by atoms with Gasteiger partial charge in [0.25, 0.3) is 0 Å². The van der Waals surface area contributed by atoms with E-state index in [-0.39, 0.29) is 5.78 Å². The van der Waals surface area contributed by atoms with Crippen LogP contribution in [0.3, 0.4) is 0 Å². The number of nitrogens with two attached hydrogens (primary N) is 1. The van der Waals surface area contributed by atoms with Crippen molar-refractivity contribution in [2.45, 2.75) is 0 Å². The van der Waals surface area contributed by atoms with Gasteiger partial charge in [0.2, 0.25) is 0 Å². The summed E-state index contributed by atoms with van der Waals surface area (Å²) in [7, 11) is 1.60. The molecule has 0 radical (unpaired) electrons. The molecule has 5 heteroatoms. The molecule has 0 atom stereocenters. The minimum absolute atomic E-state index is 0.0483. The number of methoxy groups -OCH3 is 1. The monoisotopic (exact) mass is 312 g/mol. The smallest absolute Gasteiger partial charge is 0.193 e. The van der Waals surface area contributed by atoms with Crippen molar-refractivity contribution in [3.63, 3.8) is 0 Å². The van der Waals surface area contributed by atoms with Gasteiger partial charge >= 0.3 is 0 Å². The molecule has 1 aliphatic rings. The molecule has 0 aliphatic carbocycles. The molecule has 2 aromatic rings. The standard InChI is InChI=1S/C18H20N2O3/c1-22-15-5-2-13(3-6-15)18(21)14-4-7-17(16(19)12-14)20-8-10-23-11-9-20/h2-7,12H,8-11,19H2,1H3. The number of morpholine rings is 1. The van der Waals surface area contributed by atoms with Crippen LogP contribution in [0.2, 0.25) is 0 Å². The minimum atomic E-state index is -0.0483. The Morgan fingerprint density at radius 3 is 2.35 bits per heavy atom. The Hall–Kier alpha value is -2.53. The van der Waals surface area contributed by atoms with Crippen LogP contribution in [0.5, 0.6) is 5.75 Å². The van der Waals surface area contributed by atoms with Crippen LogP contribution in [-0.2, 0) is 4.74 Å². The van der Waals surface area contributed by atoms with E-state index in [0.29, 0.717) is 30.0 Å². The van der Waals surface area contributed by atoms with Crippen LogP contribution < -0.4 is 15.4 Å². The summed E-state index contributed by atoms with van der Waals surface area (Å²) < 4.78 is 10.5. The number of nitrogens with zero attached hydrogens (tertiary/aromatic N) is 1. The van der Waals surface area contributed by atoms with Gasteiger partial charge in [-0.25, -0.2) is 0 Å². The summed E-state index contributed by atoms with van der Waals surface area (Å²) in [6.07, 6.45) is 0. The highest BCUT2D eigenvalue weighted by Crippen LogP contribution is 2.26. The first-order valence-corrected chi connectivity index (χ1v) is 7.60. The van der Waals surface area contributed by atoms with Crippen LogP contribution in [0.1, 0.15) is 15.9 Å². The van der Waals surface area contributed by atoms with Gasteiger partial charge in [0, 0.05) is 24.2 Å².